The van der Waals surface area contributed by atoms with Gasteiger partial charge >= 0.3 is 0 Å². The summed E-state index contributed by atoms with van der Waals surface area (Å²) in [6.45, 7) is 6.23. The monoisotopic (exact) mass is 381 g/mol. The van der Waals surface area contributed by atoms with E-state index in [4.69, 9.17) is 4.74 Å². The number of para-hydroxylation sites is 1. The summed E-state index contributed by atoms with van der Waals surface area (Å²) in [5.74, 6) is 0.423. The number of carbonyl (C=O) groups is 2. The molecule has 0 saturated carbocycles. The van der Waals surface area contributed by atoms with E-state index in [1.807, 2.05) is 31.2 Å². The maximum absolute atomic E-state index is 12.4. The summed E-state index contributed by atoms with van der Waals surface area (Å²) in [6.07, 6.45) is 3.23. The van der Waals surface area contributed by atoms with E-state index in [9.17, 15) is 9.59 Å². The molecule has 0 radical (unpaired) electrons. The molecule has 0 aliphatic carbocycles. The van der Waals surface area contributed by atoms with Crippen molar-refractivity contribution < 1.29 is 14.3 Å². The van der Waals surface area contributed by atoms with Crippen LogP contribution in [0.15, 0.2) is 35.9 Å². The minimum absolute atomic E-state index is 0. The zero-order chi connectivity index (χ0) is 18.1. The van der Waals surface area contributed by atoms with E-state index < -0.39 is 6.04 Å². The first-order valence-corrected chi connectivity index (χ1v) is 8.74. The van der Waals surface area contributed by atoms with Crippen molar-refractivity contribution in [1.82, 2.24) is 16.0 Å². The van der Waals surface area contributed by atoms with Crippen LogP contribution in [0.1, 0.15) is 38.3 Å². The standard InChI is InChI=1S/C19H27N3O3.ClH/c1-3-25-18-7-5-4-6-16(18)17(22-14(2)23)12-19(24)21-13-15-8-10-20-11-9-15;/h4-8,17,20H,3,9-13H2,1-2H3,(H,21,24)(H,22,23);1H. The molecule has 0 aromatic heterocycles. The Kier molecular flexibility index (Phi) is 9.76. The van der Waals surface area contributed by atoms with Crippen molar-refractivity contribution in [2.45, 2.75) is 32.7 Å². The van der Waals surface area contributed by atoms with E-state index in [1.165, 1.54) is 12.5 Å². The second-order valence-corrected chi connectivity index (χ2v) is 6.02. The average Bonchev–Trinajstić information content (AvgIpc) is 2.61. The summed E-state index contributed by atoms with van der Waals surface area (Å²) in [5.41, 5.74) is 2.05. The Morgan fingerprint density at radius 1 is 1.31 bits per heavy atom. The molecule has 1 unspecified atom stereocenters. The molecule has 7 heteroatoms. The van der Waals surface area contributed by atoms with Crippen molar-refractivity contribution in [3.63, 3.8) is 0 Å². The van der Waals surface area contributed by atoms with Crippen molar-refractivity contribution in [2.24, 2.45) is 0 Å². The molecule has 2 rings (SSSR count). The average molecular weight is 382 g/mol. The fourth-order valence-electron chi connectivity index (χ4n) is 2.84. The van der Waals surface area contributed by atoms with Crippen molar-refractivity contribution in [1.29, 1.82) is 0 Å². The van der Waals surface area contributed by atoms with Gasteiger partial charge in [-0.15, -0.1) is 12.4 Å². The molecule has 2 amide bonds. The van der Waals surface area contributed by atoms with Crippen LogP contribution in [0.4, 0.5) is 0 Å². The van der Waals surface area contributed by atoms with Crippen LogP contribution < -0.4 is 20.7 Å². The largest absolute Gasteiger partial charge is 0.494 e. The van der Waals surface area contributed by atoms with Crippen LogP contribution in [0, 0.1) is 0 Å². The molecule has 0 fully saturated rings. The number of ether oxygens (including phenoxy) is 1. The van der Waals surface area contributed by atoms with Crippen LogP contribution in [0.3, 0.4) is 0 Å². The lowest BCUT2D eigenvalue weighted by Crippen LogP contribution is -2.34. The van der Waals surface area contributed by atoms with Gasteiger partial charge in [0.05, 0.1) is 19.1 Å². The first-order chi connectivity index (χ1) is 12.1. The van der Waals surface area contributed by atoms with Crippen molar-refractivity contribution in [2.75, 3.05) is 26.2 Å². The molecule has 1 aromatic rings. The Morgan fingerprint density at radius 3 is 2.73 bits per heavy atom. The van der Waals surface area contributed by atoms with Crippen molar-refractivity contribution in [3.05, 3.63) is 41.5 Å². The normalized spacial score (nSPS) is 14.5. The van der Waals surface area contributed by atoms with Gasteiger partial charge in [-0.1, -0.05) is 29.8 Å². The van der Waals surface area contributed by atoms with E-state index in [2.05, 4.69) is 22.0 Å². The number of hydrogen-bond acceptors (Lipinski definition) is 4. The van der Waals surface area contributed by atoms with E-state index >= 15 is 0 Å². The van der Waals surface area contributed by atoms with Gasteiger partial charge < -0.3 is 20.7 Å². The first-order valence-electron chi connectivity index (χ1n) is 8.74. The number of nitrogens with one attached hydrogen (secondary N) is 3. The van der Waals surface area contributed by atoms with E-state index in [1.54, 1.807) is 0 Å². The van der Waals surface area contributed by atoms with Gasteiger partial charge in [0.1, 0.15) is 5.75 Å². The van der Waals surface area contributed by atoms with E-state index in [0.717, 1.165) is 25.1 Å². The predicted molar refractivity (Wildman–Crippen MR) is 105 cm³/mol. The molecule has 0 bridgehead atoms. The highest BCUT2D eigenvalue weighted by molar-refractivity contribution is 5.85. The lowest BCUT2D eigenvalue weighted by molar-refractivity contribution is -0.122. The summed E-state index contributed by atoms with van der Waals surface area (Å²) >= 11 is 0. The molecule has 1 aromatic carbocycles. The van der Waals surface area contributed by atoms with Crippen LogP contribution in [0.2, 0.25) is 0 Å². The minimum Gasteiger partial charge on any atom is -0.494 e. The number of carbonyl (C=O) groups excluding carboxylic acids is 2. The fraction of sp³-hybridized carbons (Fsp3) is 0.474. The second kappa shape index (κ2) is 11.5. The zero-order valence-electron chi connectivity index (χ0n) is 15.3. The molecule has 3 N–H and O–H groups in total. The number of rotatable bonds is 8. The molecular formula is C19H28ClN3O3. The number of benzene rings is 1. The lowest BCUT2D eigenvalue weighted by Gasteiger charge is -2.21. The maximum atomic E-state index is 12.4. The molecule has 0 saturated heterocycles. The van der Waals surface area contributed by atoms with Crippen molar-refractivity contribution in [3.8, 4) is 5.75 Å². The van der Waals surface area contributed by atoms with Gasteiger partial charge in [0.15, 0.2) is 0 Å². The summed E-state index contributed by atoms with van der Waals surface area (Å²) in [7, 11) is 0. The Morgan fingerprint density at radius 2 is 2.08 bits per heavy atom. The molecule has 26 heavy (non-hydrogen) atoms. The molecule has 6 nitrogen and oxygen atoms in total. The van der Waals surface area contributed by atoms with E-state index in [0.29, 0.717) is 18.9 Å². The molecular weight excluding hydrogens is 354 g/mol. The highest BCUT2D eigenvalue weighted by Gasteiger charge is 2.20. The number of halogens is 1. The Balaban J connectivity index is 0.00000338. The molecule has 1 aliphatic rings. The second-order valence-electron chi connectivity index (χ2n) is 6.02. The van der Waals surface area contributed by atoms with Crippen LogP contribution in [0.5, 0.6) is 5.75 Å². The Bertz CT molecular complexity index is 634. The third kappa shape index (κ3) is 7.06. The maximum Gasteiger partial charge on any atom is 0.222 e. The molecule has 144 valence electrons. The van der Waals surface area contributed by atoms with Gasteiger partial charge in [-0.25, -0.2) is 0 Å². The van der Waals surface area contributed by atoms with Crippen molar-refractivity contribution >= 4 is 24.2 Å². The van der Waals surface area contributed by atoms with Crippen LogP contribution in [-0.2, 0) is 9.59 Å². The quantitative estimate of drug-likeness (QED) is 0.602. The summed E-state index contributed by atoms with van der Waals surface area (Å²) in [4.78, 5) is 24.0. The van der Waals surface area contributed by atoms with Gasteiger partial charge in [-0.3, -0.25) is 9.59 Å². The molecule has 1 atom stereocenters. The summed E-state index contributed by atoms with van der Waals surface area (Å²) in [5, 5.41) is 9.06. The SMILES string of the molecule is CCOc1ccccc1C(CC(=O)NCC1=CCNCC1)NC(C)=O.Cl. The lowest BCUT2D eigenvalue weighted by atomic mass is 10.0. The Hall–Kier alpha value is -2.05. The predicted octanol–water partition coefficient (Wildman–Crippen LogP) is 2.11. The van der Waals surface area contributed by atoms with E-state index in [-0.39, 0.29) is 30.6 Å². The van der Waals surface area contributed by atoms with Crippen LogP contribution >= 0.6 is 12.4 Å². The number of hydrogen-bond donors (Lipinski definition) is 3. The first kappa shape index (κ1) is 22.0. The smallest absolute Gasteiger partial charge is 0.222 e. The van der Waals surface area contributed by atoms with Gasteiger partial charge in [0, 0.05) is 25.6 Å². The highest BCUT2D eigenvalue weighted by Crippen LogP contribution is 2.27. The number of amides is 2. The van der Waals surface area contributed by atoms with Gasteiger partial charge in [0.2, 0.25) is 11.8 Å². The summed E-state index contributed by atoms with van der Waals surface area (Å²) < 4.78 is 5.64. The highest BCUT2D eigenvalue weighted by atomic mass is 35.5. The summed E-state index contributed by atoms with van der Waals surface area (Å²) in [6, 6.07) is 7.08. The van der Waals surface area contributed by atoms with Gasteiger partial charge in [0.25, 0.3) is 0 Å². The zero-order valence-corrected chi connectivity index (χ0v) is 16.2. The third-order valence-corrected chi connectivity index (χ3v) is 4.03. The molecule has 0 spiro atoms. The minimum atomic E-state index is -0.415. The molecule has 1 heterocycles. The Labute approximate surface area is 161 Å². The van der Waals surface area contributed by atoms with Crippen LogP contribution in [-0.4, -0.2) is 38.1 Å². The van der Waals surface area contributed by atoms with Gasteiger partial charge in [-0.05, 0) is 26.0 Å². The molecule has 1 aliphatic heterocycles. The van der Waals surface area contributed by atoms with Crippen LogP contribution in [0.25, 0.3) is 0 Å². The fourth-order valence-corrected chi connectivity index (χ4v) is 2.84. The third-order valence-electron chi connectivity index (χ3n) is 4.03. The topological polar surface area (TPSA) is 79.5 Å². The van der Waals surface area contributed by atoms with Gasteiger partial charge in [-0.2, -0.15) is 0 Å².